The molecule has 2 unspecified atom stereocenters. The highest BCUT2D eigenvalue weighted by atomic mass is 35.5. The van der Waals surface area contributed by atoms with Crippen molar-refractivity contribution in [3.63, 3.8) is 0 Å². The standard InChI is InChI=1S/C15H20ClNO4S/c1-3-11-8-13(4-5-14(11)16)21-10(2)15(18)17-12-6-7-22(19,20)9-12/h4-5,8,10,12H,3,6-7,9H2,1-2H3,(H,17,18). The maximum atomic E-state index is 12.1. The van der Waals surface area contributed by atoms with Gasteiger partial charge in [0, 0.05) is 11.1 Å². The van der Waals surface area contributed by atoms with E-state index in [0.717, 1.165) is 12.0 Å². The molecule has 0 bridgehead atoms. The molecule has 0 aromatic heterocycles. The Bertz CT molecular complexity index is 660. The van der Waals surface area contributed by atoms with Gasteiger partial charge in [-0.1, -0.05) is 18.5 Å². The Hall–Kier alpha value is -1.27. The molecule has 1 aliphatic heterocycles. The SMILES string of the molecule is CCc1cc(OC(C)C(=O)NC2CCS(=O)(=O)C2)ccc1Cl. The summed E-state index contributed by atoms with van der Waals surface area (Å²) in [5.41, 5.74) is 0.952. The van der Waals surface area contributed by atoms with Gasteiger partial charge in [0.05, 0.1) is 11.5 Å². The van der Waals surface area contributed by atoms with Crippen LogP contribution in [0, 0.1) is 0 Å². The highest BCUT2D eigenvalue weighted by molar-refractivity contribution is 7.91. The minimum Gasteiger partial charge on any atom is -0.481 e. The average molecular weight is 346 g/mol. The molecule has 22 heavy (non-hydrogen) atoms. The van der Waals surface area contributed by atoms with Gasteiger partial charge in [-0.3, -0.25) is 4.79 Å². The molecule has 7 heteroatoms. The van der Waals surface area contributed by atoms with Crippen molar-refractivity contribution in [2.45, 2.75) is 38.8 Å². The Morgan fingerprint density at radius 3 is 2.82 bits per heavy atom. The Labute approximate surface area is 135 Å². The third kappa shape index (κ3) is 4.36. The van der Waals surface area contributed by atoms with Crippen molar-refractivity contribution in [1.82, 2.24) is 5.32 Å². The number of aryl methyl sites for hydroxylation is 1. The Balaban J connectivity index is 1.94. The van der Waals surface area contributed by atoms with Gasteiger partial charge >= 0.3 is 0 Å². The van der Waals surface area contributed by atoms with E-state index in [1.807, 2.05) is 13.0 Å². The predicted molar refractivity (Wildman–Crippen MR) is 86.1 cm³/mol. The summed E-state index contributed by atoms with van der Waals surface area (Å²) in [6, 6.07) is 4.95. The number of carbonyl (C=O) groups excluding carboxylic acids is 1. The van der Waals surface area contributed by atoms with Crippen LogP contribution in [0.2, 0.25) is 5.02 Å². The van der Waals surface area contributed by atoms with Crippen LogP contribution in [-0.2, 0) is 21.1 Å². The molecule has 1 heterocycles. The molecule has 1 aromatic carbocycles. The van der Waals surface area contributed by atoms with Crippen molar-refractivity contribution in [3.8, 4) is 5.75 Å². The quantitative estimate of drug-likeness (QED) is 0.885. The molecule has 1 aromatic rings. The lowest BCUT2D eigenvalue weighted by Gasteiger charge is -2.18. The van der Waals surface area contributed by atoms with Crippen LogP contribution in [0.1, 0.15) is 25.8 Å². The van der Waals surface area contributed by atoms with Crippen LogP contribution < -0.4 is 10.1 Å². The zero-order valence-electron chi connectivity index (χ0n) is 12.6. The molecule has 2 rings (SSSR count). The first-order valence-electron chi connectivity index (χ1n) is 7.26. The minimum absolute atomic E-state index is 0.00634. The maximum absolute atomic E-state index is 12.1. The first-order valence-corrected chi connectivity index (χ1v) is 9.46. The van der Waals surface area contributed by atoms with E-state index in [0.29, 0.717) is 17.2 Å². The summed E-state index contributed by atoms with van der Waals surface area (Å²) in [5.74, 6) is 0.398. The lowest BCUT2D eigenvalue weighted by molar-refractivity contribution is -0.127. The van der Waals surface area contributed by atoms with E-state index in [9.17, 15) is 13.2 Å². The summed E-state index contributed by atoms with van der Waals surface area (Å²) < 4.78 is 28.4. The largest absolute Gasteiger partial charge is 0.481 e. The fourth-order valence-corrected chi connectivity index (χ4v) is 4.30. The molecule has 1 aliphatic rings. The zero-order chi connectivity index (χ0) is 16.3. The number of carbonyl (C=O) groups is 1. The van der Waals surface area contributed by atoms with Crippen LogP contribution in [0.15, 0.2) is 18.2 Å². The fourth-order valence-electron chi connectivity index (χ4n) is 2.38. The van der Waals surface area contributed by atoms with Crippen LogP contribution in [0.3, 0.4) is 0 Å². The molecule has 5 nitrogen and oxygen atoms in total. The van der Waals surface area contributed by atoms with E-state index in [-0.39, 0.29) is 23.5 Å². The van der Waals surface area contributed by atoms with E-state index in [4.69, 9.17) is 16.3 Å². The Morgan fingerprint density at radius 2 is 2.23 bits per heavy atom. The molecule has 0 radical (unpaired) electrons. The van der Waals surface area contributed by atoms with Crippen molar-refractivity contribution >= 4 is 27.3 Å². The number of sulfone groups is 1. The lowest BCUT2D eigenvalue weighted by atomic mass is 10.1. The molecular weight excluding hydrogens is 326 g/mol. The molecule has 122 valence electrons. The van der Waals surface area contributed by atoms with Crippen molar-refractivity contribution < 1.29 is 17.9 Å². The van der Waals surface area contributed by atoms with Gasteiger partial charge in [-0.15, -0.1) is 0 Å². The van der Waals surface area contributed by atoms with Crippen LogP contribution in [0.5, 0.6) is 5.75 Å². The summed E-state index contributed by atoms with van der Waals surface area (Å²) in [4.78, 5) is 12.1. The first-order chi connectivity index (χ1) is 10.3. The molecular formula is C15H20ClNO4S. The molecule has 0 aliphatic carbocycles. The molecule has 2 atom stereocenters. The average Bonchev–Trinajstić information content (AvgIpc) is 2.79. The first kappa shape index (κ1) is 17.1. The van der Waals surface area contributed by atoms with Crippen LogP contribution in [0.25, 0.3) is 0 Å². The van der Waals surface area contributed by atoms with Gasteiger partial charge in [-0.25, -0.2) is 8.42 Å². The van der Waals surface area contributed by atoms with Crippen LogP contribution in [0.4, 0.5) is 0 Å². The van der Waals surface area contributed by atoms with Crippen molar-refractivity contribution in [2.75, 3.05) is 11.5 Å². The van der Waals surface area contributed by atoms with E-state index in [2.05, 4.69) is 5.32 Å². The van der Waals surface area contributed by atoms with Gasteiger partial charge in [-0.05, 0) is 43.5 Å². The summed E-state index contributed by atoms with van der Waals surface area (Å²) in [6.07, 6.45) is 0.535. The van der Waals surface area contributed by atoms with Crippen molar-refractivity contribution in [2.24, 2.45) is 0 Å². The van der Waals surface area contributed by atoms with Gasteiger partial charge in [0.25, 0.3) is 5.91 Å². The second kappa shape index (κ2) is 6.87. The number of hydrogen-bond donors (Lipinski definition) is 1. The number of amides is 1. The summed E-state index contributed by atoms with van der Waals surface area (Å²) in [7, 11) is -3.01. The van der Waals surface area contributed by atoms with E-state index < -0.39 is 15.9 Å². The van der Waals surface area contributed by atoms with Gasteiger partial charge in [0.15, 0.2) is 15.9 Å². The number of rotatable bonds is 5. The molecule has 0 saturated carbocycles. The van der Waals surface area contributed by atoms with Crippen molar-refractivity contribution in [1.29, 1.82) is 0 Å². The van der Waals surface area contributed by atoms with Crippen LogP contribution in [-0.4, -0.2) is 38.0 Å². The van der Waals surface area contributed by atoms with E-state index in [1.54, 1.807) is 19.1 Å². The van der Waals surface area contributed by atoms with E-state index >= 15 is 0 Å². The van der Waals surface area contributed by atoms with Crippen molar-refractivity contribution in [3.05, 3.63) is 28.8 Å². The minimum atomic E-state index is -3.01. The predicted octanol–water partition coefficient (Wildman–Crippen LogP) is 1.97. The molecule has 0 spiro atoms. The zero-order valence-corrected chi connectivity index (χ0v) is 14.2. The molecule has 1 amide bonds. The number of halogens is 1. The van der Waals surface area contributed by atoms with Gasteiger partial charge in [0.2, 0.25) is 0 Å². The third-order valence-corrected chi connectivity index (χ3v) is 5.80. The summed E-state index contributed by atoms with van der Waals surface area (Å²) in [5, 5.41) is 3.39. The number of nitrogens with one attached hydrogen (secondary N) is 1. The normalized spacial score (nSPS) is 21.3. The summed E-state index contributed by atoms with van der Waals surface area (Å²) >= 11 is 6.04. The smallest absolute Gasteiger partial charge is 0.261 e. The van der Waals surface area contributed by atoms with Gasteiger partial charge < -0.3 is 10.1 Å². The topological polar surface area (TPSA) is 72.5 Å². The third-order valence-electron chi connectivity index (χ3n) is 3.66. The summed E-state index contributed by atoms with van der Waals surface area (Å²) in [6.45, 7) is 3.63. The number of benzene rings is 1. The van der Waals surface area contributed by atoms with Gasteiger partial charge in [-0.2, -0.15) is 0 Å². The number of ether oxygens (including phenoxy) is 1. The molecule has 1 N–H and O–H groups in total. The van der Waals surface area contributed by atoms with E-state index in [1.165, 1.54) is 0 Å². The monoisotopic (exact) mass is 345 g/mol. The second-order valence-electron chi connectivity index (χ2n) is 5.48. The fraction of sp³-hybridized carbons (Fsp3) is 0.533. The maximum Gasteiger partial charge on any atom is 0.261 e. The highest BCUT2D eigenvalue weighted by Crippen LogP contribution is 2.23. The van der Waals surface area contributed by atoms with Crippen LogP contribution >= 0.6 is 11.6 Å². The lowest BCUT2D eigenvalue weighted by Crippen LogP contribution is -2.43. The molecule has 1 saturated heterocycles. The Kier molecular flexibility index (Phi) is 5.34. The number of hydrogen-bond acceptors (Lipinski definition) is 4. The Morgan fingerprint density at radius 1 is 1.50 bits per heavy atom. The second-order valence-corrected chi connectivity index (χ2v) is 8.11. The molecule has 1 fully saturated rings. The highest BCUT2D eigenvalue weighted by Gasteiger charge is 2.30. The van der Waals surface area contributed by atoms with Gasteiger partial charge in [0.1, 0.15) is 5.75 Å².